The number of carbonyl (C=O) groups is 2. The van der Waals surface area contributed by atoms with Crippen molar-refractivity contribution in [1.82, 2.24) is 0 Å². The fraction of sp³-hybridized carbons (Fsp3) is 0.0500. The van der Waals surface area contributed by atoms with Crippen molar-refractivity contribution in [3.63, 3.8) is 0 Å². The molecule has 29 heavy (non-hydrogen) atoms. The average Bonchev–Trinajstić information content (AvgIpc) is 2.67. The number of nitrogens with one attached hydrogen (secondary N) is 1. The van der Waals surface area contributed by atoms with E-state index in [0.29, 0.717) is 16.3 Å². The van der Waals surface area contributed by atoms with Crippen molar-refractivity contribution < 1.29 is 19.2 Å². The van der Waals surface area contributed by atoms with Crippen LogP contribution >= 0.6 is 0 Å². The topological polar surface area (TPSA) is 162 Å². The van der Waals surface area contributed by atoms with Crippen molar-refractivity contribution in [3.8, 4) is 5.75 Å². The molecule has 0 aromatic heterocycles. The van der Waals surface area contributed by atoms with E-state index in [-0.39, 0.29) is 22.8 Å². The Kier molecular flexibility index (Phi) is 5.22. The first kappa shape index (κ1) is 19.5. The van der Waals surface area contributed by atoms with Crippen LogP contribution in [0.15, 0.2) is 60.7 Å². The normalized spacial score (nSPS) is 11.6. The number of benzene rings is 3. The zero-order valence-corrected chi connectivity index (χ0v) is 15.0. The van der Waals surface area contributed by atoms with Crippen LogP contribution in [-0.4, -0.2) is 22.6 Å². The number of carbonyl (C=O) groups excluding carboxylic acids is 2. The Morgan fingerprint density at radius 1 is 1.00 bits per heavy atom. The van der Waals surface area contributed by atoms with Crippen LogP contribution in [0.2, 0.25) is 0 Å². The smallest absolute Gasteiger partial charge is 0.350 e. The Labute approximate surface area is 164 Å². The van der Waals surface area contributed by atoms with Crippen LogP contribution in [0.25, 0.3) is 10.8 Å². The summed E-state index contributed by atoms with van der Waals surface area (Å²) < 4.78 is 5.28. The highest BCUT2D eigenvalue weighted by molar-refractivity contribution is 6.06. The van der Waals surface area contributed by atoms with Gasteiger partial charge in [0.15, 0.2) is 0 Å². The van der Waals surface area contributed by atoms with E-state index in [1.54, 1.807) is 30.3 Å². The molecule has 9 heteroatoms. The van der Waals surface area contributed by atoms with E-state index < -0.39 is 22.7 Å². The monoisotopic (exact) mass is 392 g/mol. The summed E-state index contributed by atoms with van der Waals surface area (Å²) >= 11 is 0. The van der Waals surface area contributed by atoms with Gasteiger partial charge in [0.05, 0.1) is 4.92 Å². The number of rotatable bonds is 6. The number of primary amides is 1. The lowest BCUT2D eigenvalue weighted by Gasteiger charge is -2.13. The number of fused-ring (bicyclic) bond motifs is 1. The van der Waals surface area contributed by atoms with Gasteiger partial charge in [0, 0.05) is 6.07 Å². The van der Waals surface area contributed by atoms with E-state index in [1.165, 1.54) is 30.3 Å². The maximum atomic E-state index is 12.4. The number of hydrogen-bond acceptors (Lipinski definition) is 6. The minimum Gasteiger partial charge on any atom is -0.423 e. The number of amidine groups is 1. The van der Waals surface area contributed by atoms with Crippen molar-refractivity contribution in [3.05, 3.63) is 81.9 Å². The molecule has 3 aromatic carbocycles. The fourth-order valence-corrected chi connectivity index (χ4v) is 2.95. The van der Waals surface area contributed by atoms with Gasteiger partial charge in [-0.2, -0.15) is 0 Å². The number of ether oxygens (including phenoxy) is 1. The molecule has 1 atom stereocenters. The molecule has 0 radical (unpaired) electrons. The summed E-state index contributed by atoms with van der Waals surface area (Å²) in [6.45, 7) is 0. The molecular formula is C20H16N4O5. The first-order valence-corrected chi connectivity index (χ1v) is 8.40. The molecule has 0 spiro atoms. The molecule has 1 amide bonds. The van der Waals surface area contributed by atoms with Gasteiger partial charge in [0.25, 0.3) is 5.69 Å². The van der Waals surface area contributed by atoms with E-state index in [0.717, 1.165) is 0 Å². The molecule has 0 bridgehead atoms. The molecule has 0 aliphatic rings. The Morgan fingerprint density at radius 2 is 1.66 bits per heavy atom. The lowest BCUT2D eigenvalue weighted by molar-refractivity contribution is -0.385. The second-order valence-corrected chi connectivity index (χ2v) is 6.22. The standard InChI is InChI=1S/C20H16N4O5/c21-18(22)17(19(23)25)13-6-5-12-10-14(8-7-11(12)9-13)29-20(26)15-3-1-2-4-16(15)24(27)28/h1-10,17H,(H3,21,22)(H2,23,25). The second-order valence-electron chi connectivity index (χ2n) is 6.22. The molecule has 5 N–H and O–H groups in total. The molecule has 0 aliphatic heterocycles. The van der Waals surface area contributed by atoms with E-state index >= 15 is 0 Å². The molecule has 1 unspecified atom stereocenters. The predicted octanol–water partition coefficient (Wildman–Crippen LogP) is 2.47. The summed E-state index contributed by atoms with van der Waals surface area (Å²) in [6.07, 6.45) is 0. The molecule has 0 saturated carbocycles. The van der Waals surface area contributed by atoms with Crippen molar-refractivity contribution in [2.45, 2.75) is 5.92 Å². The van der Waals surface area contributed by atoms with Crippen LogP contribution in [-0.2, 0) is 4.79 Å². The molecule has 0 fully saturated rings. The summed E-state index contributed by atoms with van der Waals surface area (Å²) in [5.74, 6) is -2.76. The summed E-state index contributed by atoms with van der Waals surface area (Å²) in [4.78, 5) is 34.3. The van der Waals surface area contributed by atoms with Gasteiger partial charge >= 0.3 is 5.97 Å². The van der Waals surface area contributed by atoms with Crippen LogP contribution in [0.4, 0.5) is 5.69 Å². The molecule has 3 rings (SSSR count). The van der Waals surface area contributed by atoms with Gasteiger partial charge in [0.1, 0.15) is 23.1 Å². The first-order valence-electron chi connectivity index (χ1n) is 8.40. The third-order valence-corrected chi connectivity index (χ3v) is 4.30. The summed E-state index contributed by atoms with van der Waals surface area (Å²) in [5, 5.41) is 20.0. The molecule has 3 aromatic rings. The molecular weight excluding hydrogens is 376 g/mol. The molecule has 0 saturated heterocycles. The van der Waals surface area contributed by atoms with Crippen LogP contribution in [0, 0.1) is 15.5 Å². The largest absolute Gasteiger partial charge is 0.423 e. The molecule has 146 valence electrons. The average molecular weight is 392 g/mol. The van der Waals surface area contributed by atoms with Gasteiger partial charge < -0.3 is 16.2 Å². The maximum absolute atomic E-state index is 12.4. The van der Waals surface area contributed by atoms with Gasteiger partial charge in [0.2, 0.25) is 5.91 Å². The third-order valence-electron chi connectivity index (χ3n) is 4.30. The highest BCUT2D eigenvalue weighted by atomic mass is 16.6. The Bertz CT molecular complexity index is 1140. The quantitative estimate of drug-likeness (QED) is 0.146. The highest BCUT2D eigenvalue weighted by Gasteiger charge is 2.22. The second kappa shape index (κ2) is 7.77. The fourth-order valence-electron chi connectivity index (χ4n) is 2.95. The lowest BCUT2D eigenvalue weighted by Crippen LogP contribution is -2.32. The Morgan fingerprint density at radius 3 is 2.31 bits per heavy atom. The van der Waals surface area contributed by atoms with Gasteiger partial charge in [-0.25, -0.2) is 4.79 Å². The molecule has 0 aliphatic carbocycles. The summed E-state index contributed by atoms with van der Waals surface area (Å²) in [6, 6.07) is 15.2. The van der Waals surface area contributed by atoms with Gasteiger partial charge in [-0.1, -0.05) is 30.3 Å². The number of para-hydroxylation sites is 1. The van der Waals surface area contributed by atoms with Crippen molar-refractivity contribution in [1.29, 1.82) is 5.41 Å². The number of nitro groups is 1. The lowest BCUT2D eigenvalue weighted by atomic mass is 9.95. The number of amides is 1. The minimum absolute atomic E-state index is 0.154. The van der Waals surface area contributed by atoms with Crippen LogP contribution in [0.5, 0.6) is 5.75 Å². The summed E-state index contributed by atoms with van der Waals surface area (Å²) in [7, 11) is 0. The maximum Gasteiger partial charge on any atom is 0.350 e. The van der Waals surface area contributed by atoms with Crippen LogP contribution < -0.4 is 16.2 Å². The number of nitro benzene ring substituents is 1. The highest BCUT2D eigenvalue weighted by Crippen LogP contribution is 2.27. The van der Waals surface area contributed by atoms with Gasteiger partial charge in [-0.15, -0.1) is 0 Å². The van der Waals surface area contributed by atoms with Gasteiger partial charge in [-0.3, -0.25) is 20.3 Å². The zero-order chi connectivity index (χ0) is 21.1. The van der Waals surface area contributed by atoms with Gasteiger partial charge in [-0.05, 0) is 40.6 Å². The Balaban J connectivity index is 1.90. The zero-order valence-electron chi connectivity index (χ0n) is 15.0. The number of esters is 1. The number of nitrogens with two attached hydrogens (primary N) is 2. The van der Waals surface area contributed by atoms with E-state index in [2.05, 4.69) is 0 Å². The minimum atomic E-state index is -1.03. The van der Waals surface area contributed by atoms with Crippen LogP contribution in [0.3, 0.4) is 0 Å². The Hall–Kier alpha value is -4.27. The molecule has 0 heterocycles. The first-order chi connectivity index (χ1) is 13.8. The van der Waals surface area contributed by atoms with E-state index in [4.69, 9.17) is 21.6 Å². The SMILES string of the molecule is N=C(N)C(C(N)=O)c1ccc2cc(OC(=O)c3ccccc3[N+](=O)[O-])ccc2c1. The van der Waals surface area contributed by atoms with Crippen LogP contribution in [0.1, 0.15) is 21.8 Å². The number of hydrogen-bond donors (Lipinski definition) is 3. The third kappa shape index (κ3) is 4.03. The molecule has 9 nitrogen and oxygen atoms in total. The summed E-state index contributed by atoms with van der Waals surface area (Å²) in [5.41, 5.74) is 10.8. The predicted molar refractivity (Wildman–Crippen MR) is 106 cm³/mol. The van der Waals surface area contributed by atoms with Crippen molar-refractivity contribution in [2.75, 3.05) is 0 Å². The van der Waals surface area contributed by atoms with E-state index in [9.17, 15) is 19.7 Å². The van der Waals surface area contributed by atoms with E-state index in [1.807, 2.05) is 0 Å². The number of nitrogens with zero attached hydrogens (tertiary/aromatic N) is 1. The van der Waals surface area contributed by atoms with Crippen molar-refractivity contribution >= 4 is 34.2 Å². The van der Waals surface area contributed by atoms with Crippen molar-refractivity contribution in [2.24, 2.45) is 11.5 Å².